The molecular formula is C21H17N3O5S. The van der Waals surface area contributed by atoms with E-state index in [0.717, 1.165) is 17.3 Å². The SMILES string of the molecule is CC(OC(=O)/C=C/c1ccccc1[N+](=O)[O-])C(=O)Nc1nc(-c2ccccc2)cs1. The third-order valence-electron chi connectivity index (χ3n) is 4.00. The van der Waals surface area contributed by atoms with Crippen LogP contribution in [-0.4, -0.2) is 27.9 Å². The van der Waals surface area contributed by atoms with Gasteiger partial charge in [0.1, 0.15) is 0 Å². The lowest BCUT2D eigenvalue weighted by atomic mass is 10.1. The molecule has 3 aromatic rings. The van der Waals surface area contributed by atoms with Crippen molar-refractivity contribution in [1.29, 1.82) is 0 Å². The zero-order valence-electron chi connectivity index (χ0n) is 15.8. The number of carbonyl (C=O) groups excluding carboxylic acids is 2. The van der Waals surface area contributed by atoms with Gasteiger partial charge in [0.25, 0.3) is 11.6 Å². The highest BCUT2D eigenvalue weighted by Gasteiger charge is 2.18. The van der Waals surface area contributed by atoms with E-state index >= 15 is 0 Å². The molecule has 0 saturated heterocycles. The average Bonchev–Trinajstić information content (AvgIpc) is 3.21. The van der Waals surface area contributed by atoms with E-state index in [1.807, 2.05) is 35.7 Å². The molecule has 0 aliphatic heterocycles. The molecule has 1 unspecified atom stereocenters. The van der Waals surface area contributed by atoms with E-state index in [1.54, 1.807) is 6.07 Å². The Morgan fingerprint density at radius 1 is 1.17 bits per heavy atom. The summed E-state index contributed by atoms with van der Waals surface area (Å²) in [4.78, 5) is 39.1. The standard InChI is InChI=1S/C21H17N3O5S/c1-14(29-19(25)12-11-16-9-5-6-10-18(16)24(27)28)20(26)23-21-22-17(13-30-21)15-7-3-2-4-8-15/h2-14H,1H3,(H,22,23,26)/b12-11+. The average molecular weight is 423 g/mol. The maximum absolute atomic E-state index is 12.3. The molecule has 1 amide bonds. The van der Waals surface area contributed by atoms with Gasteiger partial charge in [0.15, 0.2) is 11.2 Å². The van der Waals surface area contributed by atoms with Crippen LogP contribution in [0.5, 0.6) is 0 Å². The Kier molecular flexibility index (Phi) is 6.66. The van der Waals surface area contributed by atoms with Gasteiger partial charge in [-0.25, -0.2) is 9.78 Å². The minimum Gasteiger partial charge on any atom is -0.449 e. The number of rotatable bonds is 7. The molecule has 8 nitrogen and oxygen atoms in total. The van der Waals surface area contributed by atoms with Crippen LogP contribution < -0.4 is 5.32 Å². The second-order valence-electron chi connectivity index (χ2n) is 6.12. The summed E-state index contributed by atoms with van der Waals surface area (Å²) in [6, 6.07) is 15.5. The molecule has 0 aliphatic carbocycles. The summed E-state index contributed by atoms with van der Waals surface area (Å²) >= 11 is 1.26. The molecule has 0 spiro atoms. The van der Waals surface area contributed by atoms with Crippen molar-refractivity contribution >= 4 is 40.1 Å². The first-order valence-electron chi connectivity index (χ1n) is 8.88. The van der Waals surface area contributed by atoms with Crippen LogP contribution in [0.2, 0.25) is 0 Å². The van der Waals surface area contributed by atoms with Crippen LogP contribution >= 0.6 is 11.3 Å². The van der Waals surface area contributed by atoms with Gasteiger partial charge in [-0.05, 0) is 19.1 Å². The van der Waals surface area contributed by atoms with E-state index in [2.05, 4.69) is 10.3 Å². The Hall–Kier alpha value is -3.85. The van der Waals surface area contributed by atoms with Crippen LogP contribution in [0, 0.1) is 10.1 Å². The predicted molar refractivity (Wildman–Crippen MR) is 114 cm³/mol. The smallest absolute Gasteiger partial charge is 0.331 e. The Bertz CT molecular complexity index is 1090. The first-order chi connectivity index (χ1) is 14.4. The summed E-state index contributed by atoms with van der Waals surface area (Å²) in [6.45, 7) is 1.43. The van der Waals surface area contributed by atoms with Gasteiger partial charge in [0, 0.05) is 23.1 Å². The summed E-state index contributed by atoms with van der Waals surface area (Å²) in [7, 11) is 0. The fraction of sp³-hybridized carbons (Fsp3) is 0.0952. The van der Waals surface area contributed by atoms with Gasteiger partial charge >= 0.3 is 5.97 Å². The fourth-order valence-electron chi connectivity index (χ4n) is 2.50. The van der Waals surface area contributed by atoms with E-state index < -0.39 is 22.9 Å². The van der Waals surface area contributed by atoms with Gasteiger partial charge in [-0.2, -0.15) is 0 Å². The molecule has 2 aromatic carbocycles. The molecule has 1 heterocycles. The quantitative estimate of drug-likeness (QED) is 0.262. The van der Waals surface area contributed by atoms with Crippen molar-refractivity contribution in [2.24, 2.45) is 0 Å². The first kappa shape index (κ1) is 20.9. The van der Waals surface area contributed by atoms with Crippen molar-refractivity contribution in [3.63, 3.8) is 0 Å². The van der Waals surface area contributed by atoms with Crippen molar-refractivity contribution in [2.75, 3.05) is 5.32 Å². The number of aromatic nitrogens is 1. The first-order valence-corrected chi connectivity index (χ1v) is 9.76. The number of nitro benzene ring substituents is 1. The van der Waals surface area contributed by atoms with Crippen molar-refractivity contribution in [1.82, 2.24) is 4.98 Å². The number of hydrogen-bond acceptors (Lipinski definition) is 7. The number of benzene rings is 2. The molecule has 1 aromatic heterocycles. The highest BCUT2D eigenvalue weighted by Crippen LogP contribution is 2.24. The third kappa shape index (κ3) is 5.36. The molecule has 0 fully saturated rings. The number of esters is 1. The summed E-state index contributed by atoms with van der Waals surface area (Å²) in [6.07, 6.45) is 1.25. The van der Waals surface area contributed by atoms with Gasteiger partial charge in [0.05, 0.1) is 16.2 Å². The van der Waals surface area contributed by atoms with E-state index in [9.17, 15) is 19.7 Å². The monoisotopic (exact) mass is 423 g/mol. The van der Waals surface area contributed by atoms with Crippen LogP contribution in [0.3, 0.4) is 0 Å². The second kappa shape index (κ2) is 9.57. The molecule has 9 heteroatoms. The molecule has 0 radical (unpaired) electrons. The van der Waals surface area contributed by atoms with Crippen LogP contribution in [0.4, 0.5) is 10.8 Å². The van der Waals surface area contributed by atoms with Crippen molar-refractivity contribution < 1.29 is 19.2 Å². The predicted octanol–water partition coefficient (Wildman–Crippen LogP) is 4.30. The molecular weight excluding hydrogens is 406 g/mol. The Labute approximate surface area is 176 Å². The molecule has 0 bridgehead atoms. The number of para-hydroxylation sites is 1. The summed E-state index contributed by atoms with van der Waals surface area (Å²) in [5.74, 6) is -1.32. The van der Waals surface area contributed by atoms with E-state index in [-0.39, 0.29) is 11.3 Å². The lowest BCUT2D eigenvalue weighted by Gasteiger charge is -2.10. The maximum atomic E-state index is 12.3. The van der Waals surface area contributed by atoms with Crippen molar-refractivity contribution in [3.8, 4) is 11.3 Å². The van der Waals surface area contributed by atoms with Crippen molar-refractivity contribution in [3.05, 3.63) is 81.7 Å². The number of nitro groups is 1. The Morgan fingerprint density at radius 3 is 2.60 bits per heavy atom. The summed E-state index contributed by atoms with van der Waals surface area (Å²) in [5.41, 5.74) is 1.78. The zero-order valence-corrected chi connectivity index (χ0v) is 16.7. The number of ether oxygens (including phenoxy) is 1. The lowest BCUT2D eigenvalue weighted by molar-refractivity contribution is -0.385. The molecule has 152 valence electrons. The molecule has 0 aliphatic rings. The Balaban J connectivity index is 1.57. The molecule has 1 N–H and O–H groups in total. The van der Waals surface area contributed by atoms with Crippen molar-refractivity contribution in [2.45, 2.75) is 13.0 Å². The minimum absolute atomic E-state index is 0.134. The van der Waals surface area contributed by atoms with Crippen LogP contribution in [0.15, 0.2) is 66.1 Å². The van der Waals surface area contributed by atoms with Crippen LogP contribution in [0.1, 0.15) is 12.5 Å². The number of carbonyl (C=O) groups is 2. The van der Waals surface area contributed by atoms with Gasteiger partial charge in [0.2, 0.25) is 0 Å². The molecule has 30 heavy (non-hydrogen) atoms. The maximum Gasteiger partial charge on any atom is 0.331 e. The van der Waals surface area contributed by atoms with Crippen LogP contribution in [-0.2, 0) is 14.3 Å². The number of amides is 1. The number of thiazole rings is 1. The topological polar surface area (TPSA) is 111 Å². The van der Waals surface area contributed by atoms with E-state index in [0.29, 0.717) is 5.13 Å². The van der Waals surface area contributed by atoms with Crippen LogP contribution in [0.25, 0.3) is 17.3 Å². The minimum atomic E-state index is -1.07. The molecule has 0 saturated carbocycles. The number of nitrogens with zero attached hydrogens (tertiary/aromatic N) is 2. The largest absolute Gasteiger partial charge is 0.449 e. The van der Waals surface area contributed by atoms with Gasteiger partial charge < -0.3 is 4.74 Å². The number of anilines is 1. The number of hydrogen-bond donors (Lipinski definition) is 1. The molecule has 1 atom stereocenters. The fourth-order valence-corrected chi connectivity index (χ4v) is 3.22. The summed E-state index contributed by atoms with van der Waals surface area (Å²) < 4.78 is 5.07. The zero-order chi connectivity index (χ0) is 21.5. The van der Waals surface area contributed by atoms with Gasteiger partial charge in [-0.3, -0.25) is 20.2 Å². The number of nitrogens with one attached hydrogen (secondary N) is 1. The van der Waals surface area contributed by atoms with Gasteiger partial charge in [-0.15, -0.1) is 11.3 Å². The molecule has 3 rings (SSSR count). The Morgan fingerprint density at radius 2 is 1.87 bits per heavy atom. The van der Waals surface area contributed by atoms with E-state index in [1.165, 1.54) is 42.5 Å². The van der Waals surface area contributed by atoms with Gasteiger partial charge in [-0.1, -0.05) is 42.5 Å². The second-order valence-corrected chi connectivity index (χ2v) is 6.98. The summed E-state index contributed by atoms with van der Waals surface area (Å²) in [5, 5.41) is 15.8. The third-order valence-corrected chi connectivity index (χ3v) is 4.76. The van der Waals surface area contributed by atoms with E-state index in [4.69, 9.17) is 4.74 Å². The highest BCUT2D eigenvalue weighted by molar-refractivity contribution is 7.14. The lowest BCUT2D eigenvalue weighted by Crippen LogP contribution is -2.29. The highest BCUT2D eigenvalue weighted by atomic mass is 32.1. The normalized spacial score (nSPS) is 11.8.